The highest BCUT2D eigenvalue weighted by Crippen LogP contribution is 2.32. The van der Waals surface area contributed by atoms with Crippen molar-refractivity contribution in [1.29, 1.82) is 0 Å². The number of benzene rings is 2. The third kappa shape index (κ3) is 5.52. The molecule has 0 saturated carbocycles. The molecule has 0 bridgehead atoms. The van der Waals surface area contributed by atoms with Gasteiger partial charge in [0.15, 0.2) is 0 Å². The molecule has 2 aromatic rings. The fourth-order valence-electron chi connectivity index (χ4n) is 3.52. The van der Waals surface area contributed by atoms with E-state index in [4.69, 9.17) is 0 Å². The number of piperazine rings is 1. The van der Waals surface area contributed by atoms with E-state index in [9.17, 15) is 18.0 Å². The Balaban J connectivity index is 1.83. The van der Waals surface area contributed by atoms with Gasteiger partial charge in [-0.3, -0.25) is 9.69 Å². The summed E-state index contributed by atoms with van der Waals surface area (Å²) < 4.78 is 40.3. The Morgan fingerprint density at radius 2 is 1.77 bits per heavy atom. The predicted octanol–water partition coefficient (Wildman–Crippen LogP) is 4.06. The number of rotatable bonds is 5. The van der Waals surface area contributed by atoms with Gasteiger partial charge in [-0.15, -0.1) is 0 Å². The Bertz CT molecular complexity index is 906. The highest BCUT2D eigenvalue weighted by molar-refractivity contribution is 6.05. The molecule has 0 radical (unpaired) electrons. The van der Waals surface area contributed by atoms with Gasteiger partial charge < -0.3 is 15.5 Å². The van der Waals surface area contributed by atoms with Gasteiger partial charge in [0.1, 0.15) is 0 Å². The number of hydrogen-bond donors (Lipinski definition) is 2. The van der Waals surface area contributed by atoms with E-state index in [-0.39, 0.29) is 5.69 Å². The van der Waals surface area contributed by atoms with Crippen LogP contribution in [0.1, 0.15) is 27.0 Å². The topological polar surface area (TPSA) is 47.6 Å². The van der Waals surface area contributed by atoms with Gasteiger partial charge >= 0.3 is 6.18 Å². The second-order valence-electron chi connectivity index (χ2n) is 7.73. The number of alkyl halides is 3. The van der Waals surface area contributed by atoms with Crippen LogP contribution in [0.2, 0.25) is 0 Å². The number of anilines is 2. The van der Waals surface area contributed by atoms with Crippen LogP contribution in [-0.2, 0) is 12.7 Å². The van der Waals surface area contributed by atoms with Gasteiger partial charge in [0.25, 0.3) is 5.91 Å². The van der Waals surface area contributed by atoms with Crippen LogP contribution in [0.15, 0.2) is 36.4 Å². The monoisotopic (exact) mass is 420 g/mol. The first-order chi connectivity index (χ1) is 14.2. The number of carbonyl (C=O) groups is 1. The van der Waals surface area contributed by atoms with E-state index in [0.717, 1.165) is 43.5 Å². The van der Waals surface area contributed by atoms with Gasteiger partial charge in [-0.05, 0) is 55.4 Å². The lowest BCUT2D eigenvalue weighted by Crippen LogP contribution is -2.43. The minimum absolute atomic E-state index is 0.144. The van der Waals surface area contributed by atoms with Crippen molar-refractivity contribution in [2.75, 3.05) is 50.9 Å². The number of nitrogens with zero attached hydrogens (tertiary/aromatic N) is 2. The third-order valence-corrected chi connectivity index (χ3v) is 5.35. The van der Waals surface area contributed by atoms with E-state index >= 15 is 0 Å². The lowest BCUT2D eigenvalue weighted by atomic mass is 10.1. The van der Waals surface area contributed by atoms with E-state index < -0.39 is 17.6 Å². The maximum absolute atomic E-state index is 13.4. The van der Waals surface area contributed by atoms with Crippen LogP contribution >= 0.6 is 0 Å². The zero-order chi connectivity index (χ0) is 21.9. The van der Waals surface area contributed by atoms with Crippen LogP contribution in [-0.4, -0.2) is 56.0 Å². The molecule has 1 aliphatic rings. The highest BCUT2D eigenvalue weighted by Gasteiger charge is 2.31. The fourth-order valence-corrected chi connectivity index (χ4v) is 3.52. The van der Waals surface area contributed by atoms with Gasteiger partial charge in [0.2, 0.25) is 0 Å². The van der Waals surface area contributed by atoms with Crippen LogP contribution in [0.3, 0.4) is 0 Å². The molecule has 8 heteroatoms. The molecule has 162 valence electrons. The summed E-state index contributed by atoms with van der Waals surface area (Å²) >= 11 is 0. The Labute approximate surface area is 174 Å². The summed E-state index contributed by atoms with van der Waals surface area (Å²) in [6.45, 7) is 5.67. The molecule has 0 spiro atoms. The highest BCUT2D eigenvalue weighted by atomic mass is 19.4. The SMILES string of the molecule is CNc1cc(C(=O)Nc2cc(CN3CCN(C)CC3)cc(C(F)(F)F)c2)ccc1C. The van der Waals surface area contributed by atoms with Crippen LogP contribution in [0.25, 0.3) is 0 Å². The average molecular weight is 420 g/mol. The van der Waals surface area contributed by atoms with E-state index in [0.29, 0.717) is 17.7 Å². The summed E-state index contributed by atoms with van der Waals surface area (Å²) in [6, 6.07) is 8.91. The molecule has 1 heterocycles. The van der Waals surface area contributed by atoms with Crippen molar-refractivity contribution < 1.29 is 18.0 Å². The molecule has 0 aliphatic carbocycles. The first-order valence-electron chi connectivity index (χ1n) is 9.87. The summed E-state index contributed by atoms with van der Waals surface area (Å²) in [5.74, 6) is -0.448. The molecule has 1 saturated heterocycles. The number of likely N-dealkylation sites (N-methyl/N-ethyl adjacent to an activating group) is 1. The summed E-state index contributed by atoms with van der Waals surface area (Å²) in [4.78, 5) is 17.0. The fraction of sp³-hybridized carbons (Fsp3) is 0.409. The normalized spacial score (nSPS) is 15.8. The number of halogens is 3. The second kappa shape index (κ2) is 9.06. The maximum Gasteiger partial charge on any atom is 0.416 e. The quantitative estimate of drug-likeness (QED) is 0.766. The van der Waals surface area contributed by atoms with E-state index in [1.165, 1.54) is 6.07 Å². The molecule has 1 fully saturated rings. The molecular weight excluding hydrogens is 393 g/mol. The Morgan fingerprint density at radius 3 is 2.40 bits per heavy atom. The lowest BCUT2D eigenvalue weighted by Gasteiger charge is -2.32. The molecule has 0 atom stereocenters. The first kappa shape index (κ1) is 22.1. The predicted molar refractivity (Wildman–Crippen MR) is 113 cm³/mol. The standard InChI is InChI=1S/C22H27F3N4O/c1-15-4-5-17(12-20(15)26-2)21(30)27-19-11-16(10-18(13-19)22(23,24)25)14-29-8-6-28(3)7-9-29/h4-5,10-13,26H,6-9,14H2,1-3H3,(H,27,30). The number of amides is 1. The van der Waals surface area contributed by atoms with Gasteiger partial charge in [0.05, 0.1) is 5.56 Å². The molecule has 3 rings (SSSR count). The first-order valence-corrected chi connectivity index (χ1v) is 9.87. The Hall–Kier alpha value is -2.58. The van der Waals surface area contributed by atoms with Crippen molar-refractivity contribution in [3.05, 3.63) is 58.7 Å². The second-order valence-corrected chi connectivity index (χ2v) is 7.73. The molecule has 2 N–H and O–H groups in total. The van der Waals surface area contributed by atoms with E-state index in [2.05, 4.69) is 20.4 Å². The van der Waals surface area contributed by atoms with Crippen LogP contribution in [0.4, 0.5) is 24.5 Å². The molecule has 0 aromatic heterocycles. The number of carbonyl (C=O) groups excluding carboxylic acids is 1. The summed E-state index contributed by atoms with van der Waals surface area (Å²) in [7, 11) is 3.78. The summed E-state index contributed by atoms with van der Waals surface area (Å²) in [6.07, 6.45) is -4.49. The smallest absolute Gasteiger partial charge is 0.388 e. The minimum Gasteiger partial charge on any atom is -0.388 e. The largest absolute Gasteiger partial charge is 0.416 e. The van der Waals surface area contributed by atoms with Crippen LogP contribution < -0.4 is 10.6 Å². The van der Waals surface area contributed by atoms with Gasteiger partial charge in [-0.1, -0.05) is 6.07 Å². The van der Waals surface area contributed by atoms with Crippen molar-refractivity contribution in [2.45, 2.75) is 19.6 Å². The Morgan fingerprint density at radius 1 is 1.07 bits per heavy atom. The van der Waals surface area contributed by atoms with Gasteiger partial charge in [-0.25, -0.2) is 0 Å². The van der Waals surface area contributed by atoms with Crippen molar-refractivity contribution in [3.63, 3.8) is 0 Å². The number of nitrogens with one attached hydrogen (secondary N) is 2. The molecule has 2 aromatic carbocycles. The van der Waals surface area contributed by atoms with Crippen LogP contribution in [0.5, 0.6) is 0 Å². The summed E-state index contributed by atoms with van der Waals surface area (Å²) in [5, 5.41) is 5.64. The van der Waals surface area contributed by atoms with Crippen LogP contribution in [0, 0.1) is 6.92 Å². The molecule has 30 heavy (non-hydrogen) atoms. The van der Waals surface area contributed by atoms with E-state index in [1.807, 2.05) is 14.0 Å². The zero-order valence-corrected chi connectivity index (χ0v) is 17.4. The lowest BCUT2D eigenvalue weighted by molar-refractivity contribution is -0.137. The number of hydrogen-bond acceptors (Lipinski definition) is 4. The average Bonchev–Trinajstić information content (AvgIpc) is 2.69. The van der Waals surface area contributed by atoms with Crippen molar-refractivity contribution in [3.8, 4) is 0 Å². The zero-order valence-electron chi connectivity index (χ0n) is 17.4. The minimum atomic E-state index is -4.49. The Kier molecular flexibility index (Phi) is 6.67. The van der Waals surface area contributed by atoms with Gasteiger partial charge in [0, 0.05) is 56.7 Å². The van der Waals surface area contributed by atoms with Gasteiger partial charge in [-0.2, -0.15) is 13.2 Å². The molecular formula is C22H27F3N4O. The summed E-state index contributed by atoms with van der Waals surface area (Å²) in [5.41, 5.74) is 2.06. The molecule has 5 nitrogen and oxygen atoms in total. The number of aryl methyl sites for hydroxylation is 1. The molecule has 1 amide bonds. The molecule has 0 unspecified atom stereocenters. The van der Waals surface area contributed by atoms with Crippen molar-refractivity contribution in [2.24, 2.45) is 0 Å². The van der Waals surface area contributed by atoms with E-state index in [1.54, 1.807) is 31.3 Å². The third-order valence-electron chi connectivity index (χ3n) is 5.35. The van der Waals surface area contributed by atoms with Crippen molar-refractivity contribution >= 4 is 17.3 Å². The maximum atomic E-state index is 13.4. The molecule has 1 aliphatic heterocycles. The van der Waals surface area contributed by atoms with Crippen molar-refractivity contribution in [1.82, 2.24) is 9.80 Å².